The third-order valence-electron chi connectivity index (χ3n) is 2.91. The second kappa shape index (κ2) is 5.67. The molecule has 2 heterocycles. The van der Waals surface area contributed by atoms with Crippen LogP contribution in [0.1, 0.15) is 0 Å². The van der Waals surface area contributed by atoms with Gasteiger partial charge in [-0.1, -0.05) is 6.07 Å². The van der Waals surface area contributed by atoms with E-state index in [1.165, 1.54) is 4.40 Å². The van der Waals surface area contributed by atoms with Gasteiger partial charge in [-0.25, -0.2) is 13.1 Å². The average Bonchev–Trinajstić information content (AvgIpc) is 2.89. The van der Waals surface area contributed by atoms with Crippen molar-refractivity contribution in [2.45, 2.75) is 11.3 Å². The third-order valence-corrected chi connectivity index (χ3v) is 4.25. The van der Waals surface area contributed by atoms with Crippen molar-refractivity contribution in [1.29, 1.82) is 0 Å². The highest BCUT2D eigenvalue weighted by Gasteiger charge is 2.31. The van der Waals surface area contributed by atoms with Crippen LogP contribution in [-0.4, -0.2) is 29.4 Å². The quantitative estimate of drug-likeness (QED) is 0.774. The van der Waals surface area contributed by atoms with Crippen LogP contribution in [0.25, 0.3) is 5.65 Å². The lowest BCUT2D eigenvalue weighted by Gasteiger charge is -2.10. The molecule has 1 aromatic carbocycles. The molecular formula is C13H9F3N4O3S. The molecule has 0 aliphatic carbocycles. The summed E-state index contributed by atoms with van der Waals surface area (Å²) in [6, 6.07) is 8.81. The number of nitrogens with zero attached hydrogens (tertiary/aromatic N) is 3. The molecule has 1 N–H and O–H groups in total. The van der Waals surface area contributed by atoms with Crippen molar-refractivity contribution in [3.05, 3.63) is 48.7 Å². The summed E-state index contributed by atoms with van der Waals surface area (Å²) in [7, 11) is -4.05. The molecule has 11 heteroatoms. The Kier molecular flexibility index (Phi) is 3.79. The first-order valence-corrected chi connectivity index (χ1v) is 7.91. The molecule has 0 saturated heterocycles. The number of hydrogen-bond donors (Lipinski definition) is 1. The van der Waals surface area contributed by atoms with Crippen LogP contribution in [0, 0.1) is 0 Å². The number of nitrogens with one attached hydrogen (secondary N) is 1. The summed E-state index contributed by atoms with van der Waals surface area (Å²) < 4.78 is 68.2. The summed E-state index contributed by atoms with van der Waals surface area (Å²) in [4.78, 5) is -0.246. The van der Waals surface area contributed by atoms with Gasteiger partial charge in [0.2, 0.25) is 5.95 Å². The van der Waals surface area contributed by atoms with Gasteiger partial charge in [0.1, 0.15) is 5.75 Å². The maximum absolute atomic E-state index is 12.3. The van der Waals surface area contributed by atoms with E-state index in [4.69, 9.17) is 0 Å². The molecule has 3 aromatic rings. The molecule has 0 fully saturated rings. The second-order valence-corrected chi connectivity index (χ2v) is 6.26. The number of alkyl halides is 3. The highest BCUT2D eigenvalue weighted by Crippen LogP contribution is 2.24. The fourth-order valence-electron chi connectivity index (χ4n) is 1.91. The van der Waals surface area contributed by atoms with Gasteiger partial charge in [-0.3, -0.25) is 4.40 Å². The predicted molar refractivity (Wildman–Crippen MR) is 76.9 cm³/mol. The van der Waals surface area contributed by atoms with E-state index in [-0.39, 0.29) is 10.8 Å². The molecule has 7 nitrogen and oxygen atoms in total. The molecule has 0 bridgehead atoms. The summed E-state index contributed by atoms with van der Waals surface area (Å²) in [6.45, 7) is 0. The number of fused-ring (bicyclic) bond motifs is 1. The molecule has 126 valence electrons. The van der Waals surface area contributed by atoms with Gasteiger partial charge in [0.05, 0.1) is 4.90 Å². The largest absolute Gasteiger partial charge is 0.573 e. The summed E-state index contributed by atoms with van der Waals surface area (Å²) in [6.07, 6.45) is -3.29. The van der Waals surface area contributed by atoms with Crippen LogP contribution in [0.5, 0.6) is 5.75 Å². The number of ether oxygens (including phenoxy) is 1. The molecule has 0 amide bonds. The Morgan fingerprint density at radius 2 is 1.75 bits per heavy atom. The summed E-state index contributed by atoms with van der Waals surface area (Å²) >= 11 is 0. The lowest BCUT2D eigenvalue weighted by Crippen LogP contribution is -2.17. The monoisotopic (exact) mass is 358 g/mol. The number of benzene rings is 1. The highest BCUT2D eigenvalue weighted by atomic mass is 32.2. The minimum absolute atomic E-state index is 0.0405. The van der Waals surface area contributed by atoms with E-state index in [0.717, 1.165) is 24.3 Å². The van der Waals surface area contributed by atoms with E-state index in [1.807, 2.05) is 0 Å². The molecule has 0 aliphatic heterocycles. The van der Waals surface area contributed by atoms with Gasteiger partial charge in [-0.15, -0.1) is 23.4 Å². The first-order chi connectivity index (χ1) is 11.2. The number of halogens is 3. The van der Waals surface area contributed by atoms with Crippen molar-refractivity contribution in [2.24, 2.45) is 0 Å². The highest BCUT2D eigenvalue weighted by molar-refractivity contribution is 7.92. The van der Waals surface area contributed by atoms with E-state index in [9.17, 15) is 21.6 Å². The number of hydrogen-bond acceptors (Lipinski definition) is 5. The van der Waals surface area contributed by atoms with Gasteiger partial charge in [0.25, 0.3) is 10.0 Å². The Bertz CT molecular complexity index is 968. The minimum atomic E-state index is -4.85. The van der Waals surface area contributed by atoms with E-state index in [0.29, 0.717) is 5.65 Å². The van der Waals surface area contributed by atoms with Crippen LogP contribution in [0.4, 0.5) is 19.1 Å². The molecule has 0 saturated carbocycles. The van der Waals surface area contributed by atoms with Crippen molar-refractivity contribution in [3.63, 3.8) is 0 Å². The Balaban J connectivity index is 1.85. The summed E-state index contributed by atoms with van der Waals surface area (Å²) in [5.41, 5.74) is 0.434. The lowest BCUT2D eigenvalue weighted by atomic mass is 10.3. The standard InChI is InChI=1S/C13H9F3N4O3S/c14-13(15,16)23-9-4-6-10(7-5-9)24(21,22)19-12-18-17-11-3-1-2-8-20(11)12/h1-8H,(H,18,19). The molecule has 0 spiro atoms. The SMILES string of the molecule is O=S(=O)(Nc1nnc2ccccn12)c1ccc(OC(F)(F)F)cc1. The number of aromatic nitrogens is 3. The van der Waals surface area contributed by atoms with Gasteiger partial charge in [0.15, 0.2) is 5.65 Å². The van der Waals surface area contributed by atoms with Gasteiger partial charge in [0, 0.05) is 6.20 Å². The van der Waals surface area contributed by atoms with Crippen molar-refractivity contribution < 1.29 is 26.3 Å². The fraction of sp³-hybridized carbons (Fsp3) is 0.0769. The van der Waals surface area contributed by atoms with E-state index in [2.05, 4.69) is 19.7 Å². The topological polar surface area (TPSA) is 85.6 Å². The van der Waals surface area contributed by atoms with Crippen molar-refractivity contribution >= 4 is 21.6 Å². The van der Waals surface area contributed by atoms with Crippen LogP contribution in [0.2, 0.25) is 0 Å². The second-order valence-electron chi connectivity index (χ2n) is 4.58. The van der Waals surface area contributed by atoms with Crippen LogP contribution >= 0.6 is 0 Å². The first kappa shape index (κ1) is 16.1. The van der Waals surface area contributed by atoms with Crippen LogP contribution in [0.3, 0.4) is 0 Å². The lowest BCUT2D eigenvalue weighted by molar-refractivity contribution is -0.274. The number of pyridine rings is 1. The normalized spacial score (nSPS) is 12.3. The van der Waals surface area contributed by atoms with E-state index < -0.39 is 22.1 Å². The molecule has 2 aromatic heterocycles. The molecule has 3 rings (SSSR count). The number of sulfonamides is 1. The van der Waals surface area contributed by atoms with Crippen molar-refractivity contribution in [3.8, 4) is 5.75 Å². The first-order valence-electron chi connectivity index (χ1n) is 6.43. The predicted octanol–water partition coefficient (Wildman–Crippen LogP) is 2.43. The van der Waals surface area contributed by atoms with Gasteiger partial charge < -0.3 is 4.74 Å². The number of anilines is 1. The van der Waals surface area contributed by atoms with E-state index in [1.54, 1.807) is 24.4 Å². The van der Waals surface area contributed by atoms with Crippen molar-refractivity contribution in [2.75, 3.05) is 4.72 Å². The third kappa shape index (κ3) is 3.40. The zero-order valence-corrected chi connectivity index (χ0v) is 12.5. The Labute approximate surface area is 133 Å². The molecule has 0 unspecified atom stereocenters. The van der Waals surface area contributed by atoms with Crippen LogP contribution in [0.15, 0.2) is 53.6 Å². The van der Waals surface area contributed by atoms with Gasteiger partial charge in [-0.05, 0) is 36.4 Å². The zero-order chi connectivity index (χ0) is 17.4. The molecule has 0 atom stereocenters. The fourth-order valence-corrected chi connectivity index (χ4v) is 2.90. The number of rotatable bonds is 4. The summed E-state index contributed by atoms with van der Waals surface area (Å²) in [5, 5.41) is 7.51. The zero-order valence-electron chi connectivity index (χ0n) is 11.7. The van der Waals surface area contributed by atoms with Gasteiger partial charge in [-0.2, -0.15) is 0 Å². The average molecular weight is 358 g/mol. The van der Waals surface area contributed by atoms with Crippen LogP contribution < -0.4 is 9.46 Å². The maximum atomic E-state index is 12.3. The molecule has 0 radical (unpaired) electrons. The van der Waals surface area contributed by atoms with Gasteiger partial charge >= 0.3 is 6.36 Å². The minimum Gasteiger partial charge on any atom is -0.406 e. The van der Waals surface area contributed by atoms with Crippen LogP contribution in [-0.2, 0) is 10.0 Å². The Hall–Kier alpha value is -2.82. The molecular weight excluding hydrogens is 349 g/mol. The summed E-state index contributed by atoms with van der Waals surface area (Å²) in [5.74, 6) is -0.560. The smallest absolute Gasteiger partial charge is 0.406 e. The molecule has 0 aliphatic rings. The maximum Gasteiger partial charge on any atom is 0.573 e. The molecule has 24 heavy (non-hydrogen) atoms. The Morgan fingerprint density at radius 1 is 1.04 bits per heavy atom. The Morgan fingerprint density at radius 3 is 2.42 bits per heavy atom. The van der Waals surface area contributed by atoms with Crippen molar-refractivity contribution in [1.82, 2.24) is 14.6 Å². The van der Waals surface area contributed by atoms with E-state index >= 15 is 0 Å².